The molecule has 0 amide bonds. The third-order valence-electron chi connectivity index (χ3n) is 3.56. The Balaban J connectivity index is 2.21. The van der Waals surface area contributed by atoms with E-state index in [4.69, 9.17) is 5.73 Å². The summed E-state index contributed by atoms with van der Waals surface area (Å²) in [6, 6.07) is 0. The number of aryl methyl sites for hydroxylation is 1. The van der Waals surface area contributed by atoms with Crippen LogP contribution < -0.4 is 5.73 Å². The van der Waals surface area contributed by atoms with Gasteiger partial charge in [-0.2, -0.15) is 0 Å². The average molecular weight is 269 g/mol. The maximum Gasteiger partial charge on any atom is 0.0798 e. The molecule has 104 valence electrons. The minimum Gasteiger partial charge on any atom is -0.330 e. The number of thiazole rings is 1. The summed E-state index contributed by atoms with van der Waals surface area (Å²) in [6.45, 7) is 7.38. The van der Waals surface area contributed by atoms with Gasteiger partial charge < -0.3 is 10.6 Å². The zero-order chi connectivity index (χ0) is 13.4. The van der Waals surface area contributed by atoms with Gasteiger partial charge in [-0.3, -0.25) is 0 Å². The van der Waals surface area contributed by atoms with Gasteiger partial charge in [0.25, 0.3) is 0 Å². The van der Waals surface area contributed by atoms with Crippen LogP contribution in [0.1, 0.15) is 43.2 Å². The van der Waals surface area contributed by atoms with Crippen LogP contribution in [0, 0.1) is 12.8 Å². The van der Waals surface area contributed by atoms with Crippen LogP contribution in [0.4, 0.5) is 0 Å². The van der Waals surface area contributed by atoms with Crippen molar-refractivity contribution in [2.24, 2.45) is 11.7 Å². The lowest BCUT2D eigenvalue weighted by Gasteiger charge is -2.18. The topological polar surface area (TPSA) is 42.1 Å². The van der Waals surface area contributed by atoms with Crippen molar-refractivity contribution in [1.29, 1.82) is 0 Å². The highest BCUT2D eigenvalue weighted by Gasteiger charge is 2.08. The zero-order valence-electron chi connectivity index (χ0n) is 12.0. The lowest BCUT2D eigenvalue weighted by molar-refractivity contribution is 0.302. The normalized spacial score (nSPS) is 13.2. The van der Waals surface area contributed by atoms with Gasteiger partial charge in [-0.1, -0.05) is 13.3 Å². The summed E-state index contributed by atoms with van der Waals surface area (Å²) in [4.78, 5) is 8.09. The summed E-state index contributed by atoms with van der Waals surface area (Å²) in [7, 11) is 2.20. The second-order valence-corrected chi connectivity index (χ2v) is 6.03. The molecule has 1 unspecified atom stereocenters. The Morgan fingerprint density at radius 2 is 2.22 bits per heavy atom. The molecule has 0 spiro atoms. The fourth-order valence-corrected chi connectivity index (χ4v) is 3.10. The van der Waals surface area contributed by atoms with Crippen molar-refractivity contribution in [1.82, 2.24) is 9.88 Å². The van der Waals surface area contributed by atoms with E-state index < -0.39 is 0 Å². The molecular formula is C14H27N3S. The molecule has 18 heavy (non-hydrogen) atoms. The summed E-state index contributed by atoms with van der Waals surface area (Å²) >= 11 is 1.76. The van der Waals surface area contributed by atoms with Gasteiger partial charge in [0.1, 0.15) is 0 Å². The second kappa shape index (κ2) is 8.62. The SMILES string of the molecule is CCC(CCN)CCCN(C)Cc1scnc1C. The zero-order valence-corrected chi connectivity index (χ0v) is 12.8. The smallest absolute Gasteiger partial charge is 0.0798 e. The molecule has 0 fully saturated rings. The Labute approximate surface area is 115 Å². The van der Waals surface area contributed by atoms with E-state index in [2.05, 4.69) is 30.8 Å². The second-order valence-electron chi connectivity index (χ2n) is 5.09. The predicted octanol–water partition coefficient (Wildman–Crippen LogP) is 3.04. The van der Waals surface area contributed by atoms with Crippen molar-refractivity contribution in [2.45, 2.75) is 46.1 Å². The Bertz CT molecular complexity index is 325. The molecule has 1 atom stereocenters. The molecule has 0 bridgehead atoms. The third kappa shape index (κ3) is 5.46. The monoisotopic (exact) mass is 269 g/mol. The largest absolute Gasteiger partial charge is 0.330 e. The van der Waals surface area contributed by atoms with Gasteiger partial charge in [-0.05, 0) is 52.2 Å². The first-order chi connectivity index (χ1) is 8.67. The molecule has 0 aliphatic heterocycles. The highest BCUT2D eigenvalue weighted by molar-refractivity contribution is 7.09. The number of hydrogen-bond acceptors (Lipinski definition) is 4. The van der Waals surface area contributed by atoms with Crippen LogP contribution in [0.15, 0.2) is 5.51 Å². The van der Waals surface area contributed by atoms with Crippen LogP contribution in [0.5, 0.6) is 0 Å². The van der Waals surface area contributed by atoms with E-state index in [1.165, 1.54) is 42.8 Å². The Morgan fingerprint density at radius 1 is 1.44 bits per heavy atom. The van der Waals surface area contributed by atoms with Crippen LogP contribution in [-0.2, 0) is 6.54 Å². The molecule has 0 aliphatic rings. The molecule has 1 aromatic rings. The Hall–Kier alpha value is -0.450. The van der Waals surface area contributed by atoms with Gasteiger partial charge in [0.2, 0.25) is 0 Å². The summed E-state index contributed by atoms with van der Waals surface area (Å²) in [5, 5.41) is 0. The number of rotatable bonds is 9. The van der Waals surface area contributed by atoms with E-state index in [1.807, 2.05) is 5.51 Å². The van der Waals surface area contributed by atoms with Gasteiger partial charge in [-0.15, -0.1) is 11.3 Å². The summed E-state index contributed by atoms with van der Waals surface area (Å²) in [6.07, 6.45) is 5.01. The molecule has 1 aromatic heterocycles. The lowest BCUT2D eigenvalue weighted by Crippen LogP contribution is -2.20. The number of hydrogen-bond donors (Lipinski definition) is 1. The molecule has 1 heterocycles. The van der Waals surface area contributed by atoms with Crippen LogP contribution in [0.25, 0.3) is 0 Å². The van der Waals surface area contributed by atoms with E-state index in [1.54, 1.807) is 11.3 Å². The van der Waals surface area contributed by atoms with E-state index in [0.717, 1.165) is 19.0 Å². The van der Waals surface area contributed by atoms with Gasteiger partial charge >= 0.3 is 0 Å². The van der Waals surface area contributed by atoms with Crippen LogP contribution in [0.2, 0.25) is 0 Å². The van der Waals surface area contributed by atoms with Gasteiger partial charge in [0, 0.05) is 11.4 Å². The highest BCUT2D eigenvalue weighted by atomic mass is 32.1. The first kappa shape index (κ1) is 15.6. The minimum absolute atomic E-state index is 0.813. The fourth-order valence-electron chi connectivity index (χ4n) is 2.24. The van der Waals surface area contributed by atoms with Crippen LogP contribution in [-0.4, -0.2) is 30.0 Å². The van der Waals surface area contributed by atoms with E-state index in [0.29, 0.717) is 0 Å². The highest BCUT2D eigenvalue weighted by Crippen LogP contribution is 2.17. The molecule has 3 nitrogen and oxygen atoms in total. The van der Waals surface area contributed by atoms with Crippen molar-refractivity contribution in [3.05, 3.63) is 16.1 Å². The molecule has 1 rings (SSSR count). The number of nitrogens with zero attached hydrogens (tertiary/aromatic N) is 2. The Kier molecular flexibility index (Phi) is 7.47. The lowest BCUT2D eigenvalue weighted by atomic mass is 9.97. The number of aromatic nitrogens is 1. The number of nitrogens with two attached hydrogens (primary N) is 1. The quantitative estimate of drug-likeness (QED) is 0.749. The first-order valence-corrected chi connectivity index (χ1v) is 7.82. The van der Waals surface area contributed by atoms with Gasteiger partial charge in [0.05, 0.1) is 11.2 Å². The van der Waals surface area contributed by atoms with Crippen LogP contribution in [0.3, 0.4) is 0 Å². The summed E-state index contributed by atoms with van der Waals surface area (Å²) < 4.78 is 0. The van der Waals surface area contributed by atoms with Gasteiger partial charge in [-0.25, -0.2) is 4.98 Å². The van der Waals surface area contributed by atoms with E-state index in [9.17, 15) is 0 Å². The Morgan fingerprint density at radius 3 is 2.78 bits per heavy atom. The molecule has 4 heteroatoms. The summed E-state index contributed by atoms with van der Waals surface area (Å²) in [5.41, 5.74) is 8.75. The van der Waals surface area contributed by atoms with E-state index >= 15 is 0 Å². The van der Waals surface area contributed by atoms with Crippen molar-refractivity contribution >= 4 is 11.3 Å². The summed E-state index contributed by atoms with van der Waals surface area (Å²) in [5.74, 6) is 0.813. The van der Waals surface area contributed by atoms with Gasteiger partial charge in [0.15, 0.2) is 0 Å². The van der Waals surface area contributed by atoms with Crippen molar-refractivity contribution in [2.75, 3.05) is 20.1 Å². The maximum absolute atomic E-state index is 5.63. The molecule has 0 radical (unpaired) electrons. The molecule has 0 saturated carbocycles. The molecular weight excluding hydrogens is 242 g/mol. The third-order valence-corrected chi connectivity index (χ3v) is 4.48. The van der Waals surface area contributed by atoms with Crippen LogP contribution >= 0.6 is 11.3 Å². The molecule has 0 aromatic carbocycles. The first-order valence-electron chi connectivity index (χ1n) is 6.94. The standard InChI is InChI=1S/C14H27N3S/c1-4-13(7-8-15)6-5-9-17(3)10-14-12(2)16-11-18-14/h11,13H,4-10,15H2,1-3H3. The predicted molar refractivity (Wildman–Crippen MR) is 79.9 cm³/mol. The van der Waals surface area contributed by atoms with Crippen molar-refractivity contribution in [3.8, 4) is 0 Å². The molecule has 2 N–H and O–H groups in total. The minimum atomic E-state index is 0.813. The van der Waals surface area contributed by atoms with Crippen molar-refractivity contribution < 1.29 is 0 Å². The van der Waals surface area contributed by atoms with Crippen molar-refractivity contribution in [3.63, 3.8) is 0 Å². The average Bonchev–Trinajstić information content (AvgIpc) is 2.74. The van der Waals surface area contributed by atoms with E-state index in [-0.39, 0.29) is 0 Å². The fraction of sp³-hybridized carbons (Fsp3) is 0.786. The maximum atomic E-state index is 5.63. The molecule has 0 aliphatic carbocycles. The molecule has 0 saturated heterocycles.